The van der Waals surface area contributed by atoms with Gasteiger partial charge in [-0.05, 0) is 25.7 Å². The molecular weight excluding hydrogens is 362 g/mol. The molecule has 0 aliphatic rings. The van der Waals surface area contributed by atoms with Gasteiger partial charge in [0.2, 0.25) is 0 Å². The summed E-state index contributed by atoms with van der Waals surface area (Å²) in [5.41, 5.74) is 0. The summed E-state index contributed by atoms with van der Waals surface area (Å²) in [6, 6.07) is 0. The average Bonchev–Trinajstić information content (AvgIpc) is 2.73. The van der Waals surface area contributed by atoms with Gasteiger partial charge in [-0.25, -0.2) is 0 Å². The second-order valence-corrected chi connectivity index (χ2v) is 10.8. The summed E-state index contributed by atoms with van der Waals surface area (Å²) in [4.78, 5) is 0. The SMILES string of the molecule is CCCCCCCCCCCCCCCCCCC[N+](C)(C)CCCCCCCC. The summed E-state index contributed by atoms with van der Waals surface area (Å²) in [6.07, 6.45) is 33.5. The smallest absolute Gasteiger partial charge is 0.0782 e. The van der Waals surface area contributed by atoms with Crippen LogP contribution in [-0.2, 0) is 0 Å². The van der Waals surface area contributed by atoms with Crippen molar-refractivity contribution < 1.29 is 4.48 Å². The second-order valence-electron chi connectivity index (χ2n) is 10.8. The molecule has 0 fully saturated rings. The Balaban J connectivity index is 3.22. The van der Waals surface area contributed by atoms with E-state index in [1.165, 1.54) is 165 Å². The van der Waals surface area contributed by atoms with E-state index in [9.17, 15) is 0 Å². The second kappa shape index (κ2) is 23.6. The van der Waals surface area contributed by atoms with Gasteiger partial charge in [-0.2, -0.15) is 0 Å². The van der Waals surface area contributed by atoms with Crippen LogP contribution in [0.3, 0.4) is 0 Å². The molecule has 0 rings (SSSR count). The predicted molar refractivity (Wildman–Crippen MR) is 139 cm³/mol. The van der Waals surface area contributed by atoms with Gasteiger partial charge in [-0.3, -0.25) is 0 Å². The normalized spacial score (nSPS) is 12.0. The first kappa shape index (κ1) is 30.0. The minimum atomic E-state index is 1.24. The summed E-state index contributed by atoms with van der Waals surface area (Å²) in [7, 11) is 4.89. The highest BCUT2D eigenvalue weighted by molar-refractivity contribution is 4.51. The fourth-order valence-corrected chi connectivity index (χ4v) is 4.70. The molecule has 0 aliphatic heterocycles. The molecule has 0 amide bonds. The molecule has 0 saturated heterocycles. The predicted octanol–water partition coefficient (Wildman–Crippen LogP) is 10.1. The van der Waals surface area contributed by atoms with Gasteiger partial charge in [0.1, 0.15) is 0 Å². The topological polar surface area (TPSA) is 0 Å². The highest BCUT2D eigenvalue weighted by Gasteiger charge is 2.13. The lowest BCUT2D eigenvalue weighted by atomic mass is 10.0. The number of unbranched alkanes of at least 4 members (excludes halogenated alkanes) is 21. The summed E-state index contributed by atoms with van der Waals surface area (Å²) >= 11 is 0. The molecular formula is C29H62N+. The van der Waals surface area contributed by atoms with E-state index < -0.39 is 0 Å². The number of rotatable bonds is 25. The molecule has 1 nitrogen and oxygen atoms in total. The molecule has 0 bridgehead atoms. The molecule has 0 N–H and O–H groups in total. The standard InChI is InChI=1S/C29H62N/c1-5-7-9-11-13-14-15-16-17-18-19-20-21-22-23-25-27-29-30(3,4)28-26-24-12-10-8-6-2/h5-29H2,1-4H3/q+1. The van der Waals surface area contributed by atoms with Gasteiger partial charge in [-0.1, -0.05) is 136 Å². The third-order valence-electron chi connectivity index (χ3n) is 6.98. The van der Waals surface area contributed by atoms with Crippen molar-refractivity contribution in [3.8, 4) is 0 Å². The summed E-state index contributed by atoms with van der Waals surface area (Å²) in [6.45, 7) is 7.37. The zero-order valence-corrected chi connectivity index (χ0v) is 22.1. The Hall–Kier alpha value is -0.0400. The molecule has 0 aromatic heterocycles. The average molecular weight is 425 g/mol. The fraction of sp³-hybridized carbons (Fsp3) is 1.00. The Morgan fingerprint density at radius 1 is 0.300 bits per heavy atom. The van der Waals surface area contributed by atoms with Crippen LogP contribution in [0.15, 0.2) is 0 Å². The van der Waals surface area contributed by atoms with Crippen LogP contribution >= 0.6 is 0 Å². The van der Waals surface area contributed by atoms with E-state index in [1.807, 2.05) is 0 Å². The van der Waals surface area contributed by atoms with Crippen molar-refractivity contribution in [2.75, 3.05) is 27.2 Å². The molecule has 0 saturated carbocycles. The van der Waals surface area contributed by atoms with Gasteiger partial charge < -0.3 is 4.48 Å². The number of hydrogen-bond donors (Lipinski definition) is 0. The molecule has 0 radical (unpaired) electrons. The van der Waals surface area contributed by atoms with E-state index in [-0.39, 0.29) is 0 Å². The Morgan fingerprint density at radius 3 is 0.733 bits per heavy atom. The molecule has 0 heterocycles. The van der Waals surface area contributed by atoms with Crippen LogP contribution in [-0.4, -0.2) is 31.7 Å². The number of hydrogen-bond acceptors (Lipinski definition) is 0. The summed E-state index contributed by atoms with van der Waals surface area (Å²) < 4.78 is 1.24. The van der Waals surface area contributed by atoms with E-state index in [1.54, 1.807) is 0 Å². The fourth-order valence-electron chi connectivity index (χ4n) is 4.70. The van der Waals surface area contributed by atoms with Crippen molar-refractivity contribution in [3.05, 3.63) is 0 Å². The van der Waals surface area contributed by atoms with Gasteiger partial charge in [0, 0.05) is 0 Å². The zero-order valence-electron chi connectivity index (χ0n) is 22.1. The highest BCUT2D eigenvalue weighted by Crippen LogP contribution is 2.15. The molecule has 30 heavy (non-hydrogen) atoms. The summed E-state index contributed by atoms with van der Waals surface area (Å²) in [5, 5.41) is 0. The Morgan fingerprint density at radius 2 is 0.500 bits per heavy atom. The van der Waals surface area contributed by atoms with Gasteiger partial charge in [0.25, 0.3) is 0 Å². The molecule has 0 unspecified atom stereocenters. The van der Waals surface area contributed by atoms with Crippen molar-refractivity contribution in [1.29, 1.82) is 0 Å². The van der Waals surface area contributed by atoms with Crippen molar-refractivity contribution in [2.45, 2.75) is 162 Å². The van der Waals surface area contributed by atoms with Crippen molar-refractivity contribution in [3.63, 3.8) is 0 Å². The van der Waals surface area contributed by atoms with E-state index in [0.29, 0.717) is 0 Å². The number of quaternary nitrogens is 1. The van der Waals surface area contributed by atoms with Crippen LogP contribution in [0.4, 0.5) is 0 Å². The minimum Gasteiger partial charge on any atom is -0.328 e. The first-order chi connectivity index (χ1) is 14.6. The highest BCUT2D eigenvalue weighted by atomic mass is 15.3. The molecule has 1 heteroatoms. The molecule has 182 valence electrons. The van der Waals surface area contributed by atoms with Gasteiger partial charge in [0.15, 0.2) is 0 Å². The van der Waals surface area contributed by atoms with Crippen LogP contribution < -0.4 is 0 Å². The monoisotopic (exact) mass is 424 g/mol. The maximum Gasteiger partial charge on any atom is 0.0782 e. The van der Waals surface area contributed by atoms with Crippen LogP contribution in [0.2, 0.25) is 0 Å². The summed E-state index contributed by atoms with van der Waals surface area (Å²) in [5.74, 6) is 0. The molecule has 0 aliphatic carbocycles. The Labute approximate surface area is 193 Å². The maximum atomic E-state index is 2.44. The van der Waals surface area contributed by atoms with Crippen molar-refractivity contribution in [2.24, 2.45) is 0 Å². The molecule has 0 aromatic rings. The van der Waals surface area contributed by atoms with Crippen LogP contribution in [0, 0.1) is 0 Å². The minimum absolute atomic E-state index is 1.24. The molecule has 0 aromatic carbocycles. The first-order valence-electron chi connectivity index (χ1n) is 14.4. The third kappa shape index (κ3) is 24.2. The molecule has 0 spiro atoms. The largest absolute Gasteiger partial charge is 0.328 e. The lowest BCUT2D eigenvalue weighted by Gasteiger charge is -2.30. The van der Waals surface area contributed by atoms with E-state index >= 15 is 0 Å². The Bertz CT molecular complexity index is 309. The van der Waals surface area contributed by atoms with Crippen LogP contribution in [0.25, 0.3) is 0 Å². The van der Waals surface area contributed by atoms with Crippen LogP contribution in [0.5, 0.6) is 0 Å². The number of nitrogens with zero attached hydrogens (tertiary/aromatic N) is 1. The van der Waals surface area contributed by atoms with E-state index in [0.717, 1.165) is 0 Å². The lowest BCUT2D eigenvalue weighted by molar-refractivity contribution is -0.890. The van der Waals surface area contributed by atoms with Crippen molar-refractivity contribution >= 4 is 0 Å². The van der Waals surface area contributed by atoms with Crippen molar-refractivity contribution in [1.82, 2.24) is 0 Å². The third-order valence-corrected chi connectivity index (χ3v) is 6.98. The Kier molecular flexibility index (Phi) is 23.6. The van der Waals surface area contributed by atoms with Gasteiger partial charge in [-0.15, -0.1) is 0 Å². The zero-order chi connectivity index (χ0) is 22.2. The molecule has 0 atom stereocenters. The van der Waals surface area contributed by atoms with Gasteiger partial charge >= 0.3 is 0 Å². The quantitative estimate of drug-likeness (QED) is 0.101. The lowest BCUT2D eigenvalue weighted by Crippen LogP contribution is -2.41. The van der Waals surface area contributed by atoms with E-state index in [4.69, 9.17) is 0 Å². The van der Waals surface area contributed by atoms with E-state index in [2.05, 4.69) is 27.9 Å². The van der Waals surface area contributed by atoms with Crippen LogP contribution in [0.1, 0.15) is 162 Å². The first-order valence-corrected chi connectivity index (χ1v) is 14.4. The maximum absolute atomic E-state index is 2.44. The van der Waals surface area contributed by atoms with Gasteiger partial charge in [0.05, 0.1) is 27.2 Å².